The number of carbonyl (C=O) groups excluding carboxylic acids is 1. The van der Waals surface area contributed by atoms with Crippen LogP contribution in [0, 0.1) is 6.92 Å². The van der Waals surface area contributed by atoms with Crippen LogP contribution in [0.1, 0.15) is 21.7 Å². The summed E-state index contributed by atoms with van der Waals surface area (Å²) < 4.78 is 29.9. The van der Waals surface area contributed by atoms with Crippen LogP contribution in [0.4, 0.5) is 0 Å². The van der Waals surface area contributed by atoms with Crippen molar-refractivity contribution >= 4 is 32.2 Å². The minimum Gasteiger partial charge on any atom is -0.347 e. The third-order valence-electron chi connectivity index (χ3n) is 5.77. The fourth-order valence-corrected chi connectivity index (χ4v) is 5.40. The monoisotopic (exact) mass is 460 g/mol. The lowest BCUT2D eigenvalue weighted by Crippen LogP contribution is -2.25. The third-order valence-corrected chi connectivity index (χ3v) is 7.64. The Bertz CT molecular complexity index is 1630. The average molecular weight is 461 g/mol. The highest BCUT2D eigenvalue weighted by atomic mass is 32.2. The van der Waals surface area contributed by atoms with E-state index >= 15 is 0 Å². The topological polar surface area (TPSA) is 111 Å². The van der Waals surface area contributed by atoms with Gasteiger partial charge in [0, 0.05) is 43.3 Å². The number of benzene rings is 1. The van der Waals surface area contributed by atoms with E-state index in [0.717, 1.165) is 16.5 Å². The number of aromatic nitrogens is 5. The Morgan fingerprint density at radius 1 is 1.15 bits per heavy atom. The number of sulfone groups is 1. The predicted molar refractivity (Wildman–Crippen MR) is 122 cm³/mol. The molecule has 1 amide bonds. The van der Waals surface area contributed by atoms with Gasteiger partial charge in [0.25, 0.3) is 5.91 Å². The molecule has 1 aromatic carbocycles. The minimum absolute atomic E-state index is 0.0950. The molecule has 166 valence electrons. The van der Waals surface area contributed by atoms with Crippen LogP contribution in [-0.4, -0.2) is 38.5 Å². The number of hydrogen-bond donors (Lipinski definition) is 1. The van der Waals surface area contributed by atoms with Crippen molar-refractivity contribution < 1.29 is 13.2 Å². The first-order valence-electron chi connectivity index (χ1n) is 10.2. The summed E-state index contributed by atoms with van der Waals surface area (Å²) in [7, 11) is -2.15. The van der Waals surface area contributed by atoms with Crippen LogP contribution < -0.4 is 5.32 Å². The van der Waals surface area contributed by atoms with Gasteiger partial charge in [0.05, 0.1) is 20.8 Å². The van der Waals surface area contributed by atoms with E-state index < -0.39 is 9.84 Å². The fourth-order valence-electron chi connectivity index (χ4n) is 3.84. The molecule has 0 saturated carbocycles. The normalized spacial score (nSPS) is 11.8. The number of nitrogens with one attached hydrogen (secondary N) is 1. The van der Waals surface area contributed by atoms with Gasteiger partial charge >= 0.3 is 0 Å². The molecule has 0 radical (unpaired) electrons. The maximum absolute atomic E-state index is 13.3. The van der Waals surface area contributed by atoms with Gasteiger partial charge in [0.15, 0.2) is 0 Å². The summed E-state index contributed by atoms with van der Waals surface area (Å²) in [6, 6.07) is 11.9. The molecule has 0 atom stereocenters. The first-order chi connectivity index (χ1) is 15.9. The van der Waals surface area contributed by atoms with Gasteiger partial charge in [-0.05, 0) is 42.8 Å². The van der Waals surface area contributed by atoms with Crippen molar-refractivity contribution in [3.63, 3.8) is 0 Å². The van der Waals surface area contributed by atoms with Crippen LogP contribution in [0.15, 0.2) is 77.2 Å². The highest BCUT2D eigenvalue weighted by molar-refractivity contribution is 7.91. The standard InChI is InChI=1S/C23H20N6O3S/c1-15-22(33(31,32)18-7-9-29-17(10-18)6-8-27-29)11-21(28(15)2)23(30)25-12-16-4-3-5-20-19(16)13-24-14-26-20/h3-11,13-14H,12H2,1-2H3,(H,25,30). The zero-order chi connectivity index (χ0) is 23.2. The molecule has 5 rings (SSSR count). The van der Waals surface area contributed by atoms with Crippen LogP contribution in [0.3, 0.4) is 0 Å². The molecule has 0 unspecified atom stereocenters. The summed E-state index contributed by atoms with van der Waals surface area (Å²) in [5.41, 5.74) is 3.06. The second-order valence-corrected chi connectivity index (χ2v) is 9.58. The van der Waals surface area contributed by atoms with Crippen LogP contribution in [0.2, 0.25) is 0 Å². The number of nitrogens with zero attached hydrogens (tertiary/aromatic N) is 5. The smallest absolute Gasteiger partial charge is 0.268 e. The van der Waals surface area contributed by atoms with Crippen LogP contribution in [-0.2, 0) is 23.4 Å². The molecular formula is C23H20N6O3S. The Hall–Kier alpha value is -4.05. The molecule has 0 aliphatic carbocycles. The van der Waals surface area contributed by atoms with Gasteiger partial charge in [0.2, 0.25) is 9.84 Å². The van der Waals surface area contributed by atoms with Crippen molar-refractivity contribution in [1.29, 1.82) is 0 Å². The lowest BCUT2D eigenvalue weighted by atomic mass is 10.1. The molecule has 9 nitrogen and oxygen atoms in total. The van der Waals surface area contributed by atoms with Crippen LogP contribution >= 0.6 is 0 Å². The summed E-state index contributed by atoms with van der Waals surface area (Å²) in [6.07, 6.45) is 6.38. The molecule has 0 spiro atoms. The quantitative estimate of drug-likeness (QED) is 0.432. The zero-order valence-electron chi connectivity index (χ0n) is 17.9. The predicted octanol–water partition coefficient (Wildman–Crippen LogP) is 2.69. The Kier molecular flexibility index (Phi) is 4.94. The average Bonchev–Trinajstić information content (AvgIpc) is 3.41. The summed E-state index contributed by atoms with van der Waals surface area (Å²) in [5.74, 6) is -0.373. The van der Waals surface area contributed by atoms with E-state index in [9.17, 15) is 13.2 Å². The van der Waals surface area contributed by atoms with E-state index in [1.165, 1.54) is 18.5 Å². The number of amides is 1. The van der Waals surface area contributed by atoms with Crippen molar-refractivity contribution in [2.24, 2.45) is 7.05 Å². The van der Waals surface area contributed by atoms with Gasteiger partial charge in [-0.15, -0.1) is 0 Å². The maximum atomic E-state index is 13.3. The van der Waals surface area contributed by atoms with Gasteiger partial charge in [-0.2, -0.15) is 5.10 Å². The van der Waals surface area contributed by atoms with E-state index in [4.69, 9.17) is 0 Å². The molecule has 0 aliphatic heterocycles. The van der Waals surface area contributed by atoms with Crippen molar-refractivity contribution in [1.82, 2.24) is 29.5 Å². The van der Waals surface area contributed by atoms with Crippen LogP contribution in [0.25, 0.3) is 16.4 Å². The maximum Gasteiger partial charge on any atom is 0.268 e. The highest BCUT2D eigenvalue weighted by Gasteiger charge is 2.26. The van der Waals surface area contributed by atoms with Gasteiger partial charge in [-0.1, -0.05) is 12.1 Å². The molecule has 0 fully saturated rings. The number of pyridine rings is 1. The number of rotatable bonds is 5. The summed E-state index contributed by atoms with van der Waals surface area (Å²) in [5, 5.41) is 7.82. The Morgan fingerprint density at radius 3 is 2.85 bits per heavy atom. The lowest BCUT2D eigenvalue weighted by Gasteiger charge is -2.09. The van der Waals surface area contributed by atoms with Gasteiger partial charge in [-0.25, -0.2) is 22.9 Å². The summed E-state index contributed by atoms with van der Waals surface area (Å²) in [6.45, 7) is 1.94. The van der Waals surface area contributed by atoms with Crippen molar-refractivity contribution in [2.45, 2.75) is 23.3 Å². The molecule has 4 heterocycles. The van der Waals surface area contributed by atoms with Crippen LogP contribution in [0.5, 0.6) is 0 Å². The lowest BCUT2D eigenvalue weighted by molar-refractivity contribution is 0.0942. The van der Waals surface area contributed by atoms with Gasteiger partial charge in [0.1, 0.15) is 12.0 Å². The second-order valence-electron chi connectivity index (χ2n) is 7.66. The van der Waals surface area contributed by atoms with Crippen molar-refractivity contribution in [2.75, 3.05) is 0 Å². The molecular weight excluding hydrogens is 440 g/mol. The SMILES string of the molecule is Cc1c(S(=O)(=O)c2ccn3nccc3c2)cc(C(=O)NCc2cccc3ncncc23)n1C. The van der Waals surface area contributed by atoms with E-state index in [1.54, 1.807) is 53.8 Å². The molecule has 4 aromatic heterocycles. The fraction of sp³-hybridized carbons (Fsp3) is 0.130. The zero-order valence-corrected chi connectivity index (χ0v) is 18.7. The number of carbonyl (C=O) groups is 1. The molecule has 33 heavy (non-hydrogen) atoms. The Balaban J connectivity index is 1.44. The molecule has 0 bridgehead atoms. The summed E-state index contributed by atoms with van der Waals surface area (Å²) in [4.78, 5) is 21.5. The Morgan fingerprint density at radius 2 is 2.00 bits per heavy atom. The molecule has 10 heteroatoms. The first kappa shape index (κ1) is 20.8. The van der Waals surface area contributed by atoms with Crippen molar-refractivity contribution in [3.8, 4) is 0 Å². The largest absolute Gasteiger partial charge is 0.347 e. The van der Waals surface area contributed by atoms with E-state index in [0.29, 0.717) is 11.2 Å². The van der Waals surface area contributed by atoms with Crippen molar-refractivity contribution in [3.05, 3.63) is 84.3 Å². The molecule has 0 saturated heterocycles. The van der Waals surface area contributed by atoms with E-state index in [1.807, 2.05) is 18.2 Å². The minimum atomic E-state index is -3.83. The summed E-state index contributed by atoms with van der Waals surface area (Å²) >= 11 is 0. The third kappa shape index (κ3) is 3.54. The highest BCUT2D eigenvalue weighted by Crippen LogP contribution is 2.27. The number of fused-ring (bicyclic) bond motifs is 2. The van der Waals surface area contributed by atoms with Gasteiger partial charge < -0.3 is 9.88 Å². The number of hydrogen-bond acceptors (Lipinski definition) is 6. The Labute approximate surface area is 189 Å². The van der Waals surface area contributed by atoms with E-state index in [-0.39, 0.29) is 27.9 Å². The first-order valence-corrected chi connectivity index (χ1v) is 11.7. The second kappa shape index (κ2) is 7.82. The molecule has 0 aliphatic rings. The van der Waals surface area contributed by atoms with E-state index in [2.05, 4.69) is 20.4 Å². The molecule has 1 N–H and O–H groups in total. The molecule has 5 aromatic rings. The van der Waals surface area contributed by atoms with Gasteiger partial charge in [-0.3, -0.25) is 4.79 Å².